The van der Waals surface area contributed by atoms with E-state index in [0.29, 0.717) is 39.5 Å². The smallest absolute Gasteiger partial charge is 0.497 e. The summed E-state index contributed by atoms with van der Waals surface area (Å²) in [4.78, 5) is 5.37. The molecule has 0 aliphatic carbocycles. The number of aliphatic imine (C=N–C) groups is 1. The monoisotopic (exact) mass is 700 g/mol. The fourth-order valence-corrected chi connectivity index (χ4v) is 6.96. The quantitative estimate of drug-likeness (QED) is 0.145. The first-order valence-electron chi connectivity index (χ1n) is 18.0. The number of rotatable bonds is 8. The number of benzene rings is 5. The predicted octanol–water partition coefficient (Wildman–Crippen LogP) is 12.2. The molecule has 53 heavy (non-hydrogen) atoms. The van der Waals surface area contributed by atoms with Gasteiger partial charge in [-0.25, -0.2) is 4.99 Å². The van der Waals surface area contributed by atoms with Crippen LogP contribution in [0.4, 0.5) is 8.63 Å². The van der Waals surface area contributed by atoms with Gasteiger partial charge in [-0.3, -0.25) is 8.63 Å². The van der Waals surface area contributed by atoms with Crippen LogP contribution in [0.25, 0.3) is 33.5 Å². The Morgan fingerprint density at radius 1 is 0.660 bits per heavy atom. The van der Waals surface area contributed by atoms with Crippen molar-refractivity contribution in [2.45, 2.75) is 47.0 Å². The minimum atomic E-state index is -2.86. The second-order valence-corrected chi connectivity index (χ2v) is 14.9. The van der Waals surface area contributed by atoms with E-state index in [9.17, 15) is 0 Å². The lowest BCUT2D eigenvalue weighted by Crippen LogP contribution is -2.18. The molecule has 264 valence electrons. The van der Waals surface area contributed by atoms with E-state index < -0.39 is 7.40 Å². The molecule has 0 unspecified atom stereocenters. The fourth-order valence-electron chi connectivity index (χ4n) is 6.96. The Labute approximate surface area is 312 Å². The van der Waals surface area contributed by atoms with Crippen molar-refractivity contribution in [3.63, 3.8) is 0 Å². The van der Waals surface area contributed by atoms with Gasteiger partial charge in [0.2, 0.25) is 0 Å². The molecule has 1 aliphatic heterocycles. The van der Waals surface area contributed by atoms with Gasteiger partial charge in [-0.1, -0.05) is 135 Å². The van der Waals surface area contributed by atoms with E-state index in [2.05, 4.69) is 120 Å². The van der Waals surface area contributed by atoms with Gasteiger partial charge in [-0.2, -0.15) is 0 Å². The molecule has 5 aromatic carbocycles. The molecule has 1 aromatic heterocycles. The van der Waals surface area contributed by atoms with Gasteiger partial charge in [-0.05, 0) is 90.4 Å². The minimum Gasteiger partial charge on any atom is -0.497 e. The van der Waals surface area contributed by atoms with Crippen molar-refractivity contribution in [3.8, 4) is 28.1 Å². The Kier molecular flexibility index (Phi) is 9.65. The van der Waals surface area contributed by atoms with Crippen LogP contribution in [0, 0.1) is 20.8 Å². The number of aromatic nitrogens is 1. The van der Waals surface area contributed by atoms with Crippen LogP contribution >= 0.6 is 0 Å². The molecule has 0 atom stereocenters. The molecule has 6 heteroatoms. The lowest BCUT2D eigenvalue weighted by molar-refractivity contribution is 0.415. The SMILES string of the molecule is COc1ccc(-c2cc(-c3ccc(C(C)(C)C)cc3)c(/C(=C3\N=C(c4ccc(C)cc4)C=C3c3ccc(C)cc3)c3cccc(C)c3)n2B(F)F)cc1. The van der Waals surface area contributed by atoms with Crippen LogP contribution in [0.2, 0.25) is 0 Å². The summed E-state index contributed by atoms with van der Waals surface area (Å²) in [6.45, 7) is 12.7. The Bertz CT molecular complexity index is 2370. The average Bonchev–Trinajstić information content (AvgIpc) is 3.76. The molecule has 0 radical (unpaired) electrons. The van der Waals surface area contributed by atoms with Crippen molar-refractivity contribution >= 4 is 24.3 Å². The highest BCUT2D eigenvalue weighted by Crippen LogP contribution is 2.46. The zero-order chi connectivity index (χ0) is 37.4. The van der Waals surface area contributed by atoms with E-state index in [1.807, 2.05) is 55.5 Å². The fraction of sp³-hybridized carbons (Fsp3) is 0.170. The van der Waals surface area contributed by atoms with Crippen molar-refractivity contribution in [1.29, 1.82) is 0 Å². The van der Waals surface area contributed by atoms with Gasteiger partial charge in [0.1, 0.15) is 5.75 Å². The van der Waals surface area contributed by atoms with Crippen LogP contribution in [0.5, 0.6) is 5.75 Å². The van der Waals surface area contributed by atoms with Crippen LogP contribution in [-0.2, 0) is 5.41 Å². The first kappa shape index (κ1) is 35.6. The molecule has 0 amide bonds. The van der Waals surface area contributed by atoms with Crippen molar-refractivity contribution in [2.75, 3.05) is 7.11 Å². The highest BCUT2D eigenvalue weighted by atomic mass is 19.2. The number of halogens is 2. The summed E-state index contributed by atoms with van der Waals surface area (Å²) in [5.41, 5.74) is 13.1. The minimum absolute atomic E-state index is 0.0715. The van der Waals surface area contributed by atoms with Crippen LogP contribution in [0.15, 0.2) is 144 Å². The second-order valence-electron chi connectivity index (χ2n) is 14.9. The third kappa shape index (κ3) is 7.19. The number of allylic oxidation sites excluding steroid dienone is 2. The highest BCUT2D eigenvalue weighted by Gasteiger charge is 2.34. The van der Waals surface area contributed by atoms with E-state index in [0.717, 1.165) is 55.8 Å². The maximum atomic E-state index is 16.0. The molecule has 1 aliphatic rings. The molecule has 0 saturated carbocycles. The van der Waals surface area contributed by atoms with Gasteiger partial charge in [0, 0.05) is 28.0 Å². The van der Waals surface area contributed by atoms with Gasteiger partial charge >= 0.3 is 7.40 Å². The Balaban J connectivity index is 1.62. The summed E-state index contributed by atoms with van der Waals surface area (Å²) in [6.07, 6.45) is 2.10. The van der Waals surface area contributed by atoms with Gasteiger partial charge in [-0.15, -0.1) is 0 Å². The van der Waals surface area contributed by atoms with Crippen LogP contribution in [-0.4, -0.2) is 24.7 Å². The van der Waals surface area contributed by atoms with Gasteiger partial charge in [0.05, 0.1) is 24.2 Å². The topological polar surface area (TPSA) is 26.5 Å². The maximum Gasteiger partial charge on any atom is 0.678 e. The van der Waals surface area contributed by atoms with Crippen LogP contribution < -0.4 is 4.74 Å². The Hall–Kier alpha value is -5.75. The number of nitrogens with zero attached hydrogens (tertiary/aromatic N) is 2. The van der Waals surface area contributed by atoms with Crippen LogP contribution in [0.1, 0.15) is 65.4 Å². The van der Waals surface area contributed by atoms with E-state index in [-0.39, 0.29) is 5.41 Å². The summed E-state index contributed by atoms with van der Waals surface area (Å²) in [5, 5.41) is 0. The number of aryl methyl sites for hydroxylation is 3. The molecule has 0 fully saturated rings. The summed E-state index contributed by atoms with van der Waals surface area (Å²) < 4.78 is 38.7. The predicted molar refractivity (Wildman–Crippen MR) is 218 cm³/mol. The molecule has 0 saturated heterocycles. The molecule has 3 nitrogen and oxygen atoms in total. The van der Waals surface area contributed by atoms with Crippen LogP contribution in [0.3, 0.4) is 0 Å². The maximum absolute atomic E-state index is 16.0. The van der Waals surface area contributed by atoms with Crippen molar-refractivity contribution < 1.29 is 13.4 Å². The Morgan fingerprint density at radius 2 is 1.25 bits per heavy atom. The lowest BCUT2D eigenvalue weighted by Gasteiger charge is -2.21. The van der Waals surface area contributed by atoms with Crippen molar-refractivity contribution in [3.05, 3.63) is 184 Å². The lowest BCUT2D eigenvalue weighted by atomic mass is 9.85. The molecular formula is C47H43BF2N2O. The molecular weight excluding hydrogens is 657 g/mol. The highest BCUT2D eigenvalue weighted by molar-refractivity contribution is 6.42. The van der Waals surface area contributed by atoms with E-state index in [1.165, 1.54) is 4.48 Å². The number of methoxy groups -OCH3 is 1. The number of hydrogen-bond acceptors (Lipinski definition) is 2. The largest absolute Gasteiger partial charge is 0.678 e. The van der Waals surface area contributed by atoms with E-state index in [1.54, 1.807) is 7.11 Å². The summed E-state index contributed by atoms with van der Waals surface area (Å²) in [5.74, 6) is 0.654. The third-order valence-corrected chi connectivity index (χ3v) is 9.94. The summed E-state index contributed by atoms with van der Waals surface area (Å²) in [7, 11) is -1.26. The molecule has 7 rings (SSSR count). The summed E-state index contributed by atoms with van der Waals surface area (Å²) >= 11 is 0. The van der Waals surface area contributed by atoms with Crippen molar-refractivity contribution in [1.82, 2.24) is 4.48 Å². The van der Waals surface area contributed by atoms with Gasteiger partial charge in [0.15, 0.2) is 0 Å². The second kappa shape index (κ2) is 14.3. The average molecular weight is 701 g/mol. The normalized spacial score (nSPS) is 13.8. The third-order valence-electron chi connectivity index (χ3n) is 9.94. The number of ether oxygens (including phenoxy) is 1. The first-order chi connectivity index (χ1) is 25.4. The first-order valence-corrected chi connectivity index (χ1v) is 18.0. The van der Waals surface area contributed by atoms with Crippen molar-refractivity contribution in [2.24, 2.45) is 4.99 Å². The zero-order valence-electron chi connectivity index (χ0n) is 31.3. The molecule has 0 bridgehead atoms. The standard InChI is InChI=1S/C47H43BF2N2O/c1-30-11-15-33(16-12-30)40-28-42(35-17-13-31(2)14-18-35)51-45(40)44(37-10-8-9-32(3)27-37)46-41(34-19-23-38(24-20-34)47(4,5)6)29-43(52(46)48(49)50)36-21-25-39(53-7)26-22-36/h8-29H,1-7H3/b45-44-. The molecule has 6 aromatic rings. The Morgan fingerprint density at radius 3 is 1.81 bits per heavy atom. The van der Waals surface area contributed by atoms with Gasteiger partial charge < -0.3 is 9.21 Å². The number of hydrogen-bond donors (Lipinski definition) is 0. The van der Waals surface area contributed by atoms with Gasteiger partial charge in [0.25, 0.3) is 0 Å². The molecule has 0 N–H and O–H groups in total. The zero-order valence-corrected chi connectivity index (χ0v) is 31.3. The van der Waals surface area contributed by atoms with E-state index in [4.69, 9.17) is 9.73 Å². The molecule has 2 heterocycles. The van der Waals surface area contributed by atoms with E-state index >= 15 is 8.63 Å². The molecule has 0 spiro atoms. The summed E-state index contributed by atoms with van der Waals surface area (Å²) in [6, 6.07) is 42.2.